The van der Waals surface area contributed by atoms with Crippen LogP contribution in [0, 0.1) is 22.7 Å². The molecule has 6 aliphatic rings. The molecule has 2 unspecified atom stereocenters. The summed E-state index contributed by atoms with van der Waals surface area (Å²) in [4.78, 5) is 66.1. The van der Waals surface area contributed by atoms with E-state index in [0.717, 1.165) is 23.6 Å². The molecule has 10 atom stereocenters. The third-order valence-electron chi connectivity index (χ3n) is 15.7. The first kappa shape index (κ1) is 42.1. The van der Waals surface area contributed by atoms with Gasteiger partial charge in [0.2, 0.25) is 12.0 Å². The monoisotopic (exact) mass is 849 g/mol. The lowest BCUT2D eigenvalue weighted by molar-refractivity contribution is -0.228. The maximum atomic E-state index is 15.4. The number of ether oxygens (including phenoxy) is 4. The van der Waals surface area contributed by atoms with Crippen molar-refractivity contribution in [1.82, 2.24) is 14.8 Å². The number of methoxy groups -OCH3 is 3. The SMILES string of the molecule is CC[C@]1(O)C[C@H]2CN(CCc3c([nH]c4ccc(C#N)cc34)[C@@](C(=O)OC)(c3cc4c(cc3OC)N(C=O)C3[C@]45CCN4CC=C[C@@](CC)([C@@H](OC(C)=O)[C@]3(O)C(=O)OC)[C@H]45)C2)C1. The highest BCUT2D eigenvalue weighted by atomic mass is 16.6. The molecule has 328 valence electrons. The van der Waals surface area contributed by atoms with E-state index >= 15 is 4.79 Å². The predicted molar refractivity (Wildman–Crippen MR) is 225 cm³/mol. The Bertz CT molecular complexity index is 2460. The number of carbonyl (C=O) groups excluding carboxylic acids is 4. The third kappa shape index (κ3) is 5.42. The number of anilines is 1. The quantitative estimate of drug-likeness (QED) is 0.129. The van der Waals surface area contributed by atoms with E-state index in [0.29, 0.717) is 99.3 Å². The van der Waals surface area contributed by atoms with Crippen LogP contribution in [0.15, 0.2) is 42.5 Å². The minimum atomic E-state index is -2.56. The van der Waals surface area contributed by atoms with Gasteiger partial charge in [-0.1, -0.05) is 26.0 Å². The summed E-state index contributed by atoms with van der Waals surface area (Å²) in [6.07, 6.45) is 5.45. The topological polar surface area (TPSA) is 195 Å². The number of nitrogens with one attached hydrogen (secondary N) is 1. The zero-order chi connectivity index (χ0) is 44.1. The van der Waals surface area contributed by atoms with Crippen LogP contribution >= 0.6 is 0 Å². The molecule has 1 aliphatic carbocycles. The summed E-state index contributed by atoms with van der Waals surface area (Å²) in [6.45, 7) is 7.87. The fourth-order valence-corrected chi connectivity index (χ4v) is 13.5. The summed E-state index contributed by atoms with van der Waals surface area (Å²) in [6, 6.07) is 9.51. The van der Waals surface area contributed by atoms with E-state index in [4.69, 9.17) is 18.9 Å². The maximum absolute atomic E-state index is 15.4. The van der Waals surface area contributed by atoms with Crippen molar-refractivity contribution < 1.29 is 48.3 Å². The highest BCUT2D eigenvalue weighted by Gasteiger charge is 2.81. The Labute approximate surface area is 360 Å². The van der Waals surface area contributed by atoms with Gasteiger partial charge in [0.1, 0.15) is 11.2 Å². The number of aromatic amines is 1. The van der Waals surface area contributed by atoms with Crippen LogP contribution in [0.3, 0.4) is 0 Å². The summed E-state index contributed by atoms with van der Waals surface area (Å²) in [5, 5.41) is 36.1. The number of aromatic nitrogens is 1. The Hall–Kier alpha value is -5.27. The van der Waals surface area contributed by atoms with Gasteiger partial charge in [-0.25, -0.2) is 4.79 Å². The van der Waals surface area contributed by atoms with Crippen LogP contribution in [0.2, 0.25) is 0 Å². The van der Waals surface area contributed by atoms with Crippen molar-refractivity contribution in [3.8, 4) is 11.8 Å². The molecule has 15 nitrogen and oxygen atoms in total. The van der Waals surface area contributed by atoms with Gasteiger partial charge in [0.15, 0.2) is 6.10 Å². The highest BCUT2D eigenvalue weighted by molar-refractivity contribution is 5.97. The predicted octanol–water partition coefficient (Wildman–Crippen LogP) is 3.39. The van der Waals surface area contributed by atoms with Crippen molar-refractivity contribution in [3.63, 3.8) is 0 Å². The Kier molecular flexibility index (Phi) is 9.94. The average molecular weight is 850 g/mol. The molecule has 2 bridgehead atoms. The summed E-state index contributed by atoms with van der Waals surface area (Å²) >= 11 is 0. The van der Waals surface area contributed by atoms with E-state index in [1.807, 2.05) is 44.2 Å². The first-order chi connectivity index (χ1) is 29.7. The van der Waals surface area contributed by atoms with Crippen molar-refractivity contribution in [2.45, 2.75) is 99.5 Å². The van der Waals surface area contributed by atoms with Crippen molar-refractivity contribution >= 4 is 40.9 Å². The molecular formula is C47H55N5O10. The van der Waals surface area contributed by atoms with Crippen molar-refractivity contribution in [3.05, 3.63) is 70.4 Å². The molecule has 3 aromatic rings. The fraction of sp³-hybridized carbons (Fsp3) is 0.553. The first-order valence-corrected chi connectivity index (χ1v) is 21.6. The standard InChI is InChI=1S/C47H55N5O10/c1-7-43(57)21-29-22-46(41(55)60-5,37-30(12-16-50(24-29)25-43)31-18-28(23-48)10-11-34(31)49-37)33-19-32-35(20-36(33)59-4)52(26-53)39-45(32)14-17-51-15-9-13-44(8-2,38(45)51)40(62-27(3)54)47(39,58)42(56)61-6/h9-11,13,18-20,26,29,38-40,49,57-58H,7-8,12,14-17,21-22,24-25H2,1-6H3/t29-,38+,39?,40-,43+,44-,45-,46+,47+/m1/s1. The Balaban J connectivity index is 1.39. The van der Waals surface area contributed by atoms with E-state index in [1.165, 1.54) is 26.0 Å². The van der Waals surface area contributed by atoms with Crippen LogP contribution in [0.1, 0.15) is 80.8 Å². The molecular weight excluding hydrogens is 795 g/mol. The number of H-pyrrole nitrogens is 1. The summed E-state index contributed by atoms with van der Waals surface area (Å²) in [7, 11) is 4.01. The smallest absolute Gasteiger partial charge is 0.344 e. The molecule has 3 N–H and O–H groups in total. The number of amides is 1. The van der Waals surface area contributed by atoms with Gasteiger partial charge in [-0.15, -0.1) is 0 Å². The molecule has 1 saturated carbocycles. The molecule has 15 heteroatoms. The third-order valence-corrected chi connectivity index (χ3v) is 15.7. The Morgan fingerprint density at radius 2 is 1.77 bits per heavy atom. The normalized spacial score (nSPS) is 35.5. The molecule has 2 saturated heterocycles. The highest BCUT2D eigenvalue weighted by Crippen LogP contribution is 2.68. The minimum absolute atomic E-state index is 0.199. The minimum Gasteiger partial charge on any atom is -0.496 e. The lowest BCUT2D eigenvalue weighted by Gasteiger charge is -2.63. The van der Waals surface area contributed by atoms with Gasteiger partial charge in [-0.2, -0.15) is 5.26 Å². The van der Waals surface area contributed by atoms with Gasteiger partial charge < -0.3 is 39.0 Å². The molecule has 2 aromatic carbocycles. The average Bonchev–Trinajstić information content (AvgIpc) is 3.95. The second-order valence-electron chi connectivity index (χ2n) is 18.4. The molecule has 1 amide bonds. The molecule has 0 radical (unpaired) electrons. The lowest BCUT2D eigenvalue weighted by Crippen LogP contribution is -2.81. The van der Waals surface area contributed by atoms with Crippen molar-refractivity contribution in [1.29, 1.82) is 5.26 Å². The van der Waals surface area contributed by atoms with E-state index < -0.39 is 63.5 Å². The number of benzene rings is 2. The Morgan fingerprint density at radius 3 is 2.44 bits per heavy atom. The number of nitrogens with zero attached hydrogens (tertiary/aromatic N) is 4. The van der Waals surface area contributed by atoms with E-state index in [1.54, 1.807) is 12.1 Å². The molecule has 3 fully saturated rings. The molecule has 9 rings (SSSR count). The van der Waals surface area contributed by atoms with Crippen molar-refractivity contribution in [2.75, 3.05) is 59.0 Å². The zero-order valence-electron chi connectivity index (χ0n) is 36.2. The van der Waals surface area contributed by atoms with Gasteiger partial charge in [0.05, 0.1) is 50.3 Å². The van der Waals surface area contributed by atoms with Crippen LogP contribution in [-0.4, -0.2) is 133 Å². The number of hydrogen-bond donors (Lipinski definition) is 3. The summed E-state index contributed by atoms with van der Waals surface area (Å²) < 4.78 is 23.7. The lowest BCUT2D eigenvalue weighted by atomic mass is 9.47. The van der Waals surface area contributed by atoms with Gasteiger partial charge in [0, 0.05) is 78.2 Å². The van der Waals surface area contributed by atoms with Crippen LogP contribution in [-0.2, 0) is 50.6 Å². The number of esters is 3. The second kappa shape index (κ2) is 14.7. The van der Waals surface area contributed by atoms with Crippen LogP contribution in [0.25, 0.3) is 10.9 Å². The van der Waals surface area contributed by atoms with E-state index in [-0.39, 0.29) is 18.1 Å². The number of piperidine rings is 1. The van der Waals surface area contributed by atoms with Gasteiger partial charge in [0.25, 0.3) is 0 Å². The second-order valence-corrected chi connectivity index (χ2v) is 18.4. The largest absolute Gasteiger partial charge is 0.496 e. The van der Waals surface area contributed by atoms with E-state index in [2.05, 4.69) is 20.9 Å². The van der Waals surface area contributed by atoms with E-state index in [9.17, 15) is 29.9 Å². The van der Waals surface area contributed by atoms with Gasteiger partial charge in [-0.3, -0.25) is 24.2 Å². The fourth-order valence-electron chi connectivity index (χ4n) is 13.5. The molecule has 6 heterocycles. The van der Waals surface area contributed by atoms with Crippen molar-refractivity contribution in [2.24, 2.45) is 11.3 Å². The Morgan fingerprint density at radius 1 is 1.00 bits per heavy atom. The zero-order valence-corrected chi connectivity index (χ0v) is 36.2. The molecule has 1 spiro atoms. The van der Waals surface area contributed by atoms with Crippen LogP contribution in [0.4, 0.5) is 5.69 Å². The maximum Gasteiger partial charge on any atom is 0.344 e. The number of nitriles is 1. The number of aliphatic hydroxyl groups is 2. The summed E-state index contributed by atoms with van der Waals surface area (Å²) in [5.74, 6) is -2.27. The van der Waals surface area contributed by atoms with Crippen LogP contribution in [0.5, 0.6) is 5.75 Å². The number of rotatable bonds is 8. The molecule has 5 aliphatic heterocycles. The van der Waals surface area contributed by atoms with Gasteiger partial charge in [-0.05, 0) is 86.4 Å². The molecule has 62 heavy (non-hydrogen) atoms. The summed E-state index contributed by atoms with van der Waals surface area (Å²) in [5.41, 5.74) is -3.42. The molecule has 1 aromatic heterocycles. The first-order valence-electron chi connectivity index (χ1n) is 21.6. The number of hydrogen-bond acceptors (Lipinski definition) is 13. The van der Waals surface area contributed by atoms with Crippen LogP contribution < -0.4 is 9.64 Å². The van der Waals surface area contributed by atoms with Gasteiger partial charge >= 0.3 is 17.9 Å². The number of carbonyl (C=O) groups is 4. The number of fused-ring (bicyclic) bond motifs is 6.